The van der Waals surface area contributed by atoms with Gasteiger partial charge in [0.25, 0.3) is 0 Å². The van der Waals surface area contributed by atoms with Crippen LogP contribution in [0.5, 0.6) is 5.75 Å². The van der Waals surface area contributed by atoms with Crippen molar-refractivity contribution in [2.75, 3.05) is 20.3 Å². The van der Waals surface area contributed by atoms with Gasteiger partial charge in [0.2, 0.25) is 5.91 Å². The number of methoxy groups -OCH3 is 1. The van der Waals surface area contributed by atoms with Crippen molar-refractivity contribution in [2.45, 2.75) is 31.7 Å². The van der Waals surface area contributed by atoms with Gasteiger partial charge in [0.05, 0.1) is 7.11 Å². The zero-order valence-corrected chi connectivity index (χ0v) is 12.5. The van der Waals surface area contributed by atoms with E-state index in [1.54, 1.807) is 13.2 Å². The fourth-order valence-corrected chi connectivity index (χ4v) is 2.72. The standard InChI is InChI=1S/C17H23NO3/c1-21-16-8-5-14(6-9-16)7-10-17(20)18-12-3-2-4-15(18)11-13-19/h5-10,15,19H,2-4,11-13H2,1H3/b10-7+. The fourth-order valence-electron chi connectivity index (χ4n) is 2.72. The molecule has 1 N–H and O–H groups in total. The summed E-state index contributed by atoms with van der Waals surface area (Å²) < 4.78 is 5.11. The molecular weight excluding hydrogens is 266 g/mol. The van der Waals surface area contributed by atoms with Crippen molar-refractivity contribution in [3.05, 3.63) is 35.9 Å². The Kier molecular flexibility index (Phi) is 5.81. The van der Waals surface area contributed by atoms with Crippen LogP contribution in [-0.2, 0) is 4.79 Å². The van der Waals surface area contributed by atoms with Gasteiger partial charge in [-0.15, -0.1) is 0 Å². The van der Waals surface area contributed by atoms with E-state index >= 15 is 0 Å². The highest BCUT2D eigenvalue weighted by molar-refractivity contribution is 5.92. The Hall–Kier alpha value is -1.81. The van der Waals surface area contributed by atoms with Crippen molar-refractivity contribution >= 4 is 12.0 Å². The van der Waals surface area contributed by atoms with E-state index in [0.29, 0.717) is 6.42 Å². The number of amides is 1. The Bertz CT molecular complexity index is 479. The fraction of sp³-hybridized carbons (Fsp3) is 0.471. The molecule has 0 spiro atoms. The number of aliphatic hydroxyl groups excluding tert-OH is 1. The number of ether oxygens (including phenoxy) is 1. The van der Waals surface area contributed by atoms with E-state index in [2.05, 4.69) is 0 Å². The molecule has 1 aromatic carbocycles. The predicted molar refractivity (Wildman–Crippen MR) is 83.1 cm³/mol. The lowest BCUT2D eigenvalue weighted by atomic mass is 9.99. The average molecular weight is 289 g/mol. The first-order valence-electron chi connectivity index (χ1n) is 7.48. The number of hydrogen-bond acceptors (Lipinski definition) is 3. The highest BCUT2D eigenvalue weighted by atomic mass is 16.5. The van der Waals surface area contributed by atoms with E-state index in [4.69, 9.17) is 9.84 Å². The first-order valence-corrected chi connectivity index (χ1v) is 7.48. The lowest BCUT2D eigenvalue weighted by molar-refractivity contribution is -0.129. The summed E-state index contributed by atoms with van der Waals surface area (Å²) in [7, 11) is 1.63. The van der Waals surface area contributed by atoms with Crippen LogP contribution in [-0.4, -0.2) is 42.2 Å². The van der Waals surface area contributed by atoms with Gasteiger partial charge in [0.15, 0.2) is 0 Å². The molecule has 1 unspecified atom stereocenters. The van der Waals surface area contributed by atoms with Crippen LogP contribution >= 0.6 is 0 Å². The molecule has 1 aromatic rings. The van der Waals surface area contributed by atoms with Crippen LogP contribution in [0.1, 0.15) is 31.2 Å². The topological polar surface area (TPSA) is 49.8 Å². The van der Waals surface area contributed by atoms with E-state index < -0.39 is 0 Å². The third-order valence-electron chi connectivity index (χ3n) is 3.91. The first-order chi connectivity index (χ1) is 10.2. The molecular formula is C17H23NO3. The minimum absolute atomic E-state index is 0.0315. The molecule has 1 aliphatic rings. The van der Waals surface area contributed by atoms with E-state index in [0.717, 1.165) is 37.1 Å². The van der Waals surface area contributed by atoms with Gasteiger partial charge in [0.1, 0.15) is 5.75 Å². The minimum Gasteiger partial charge on any atom is -0.497 e. The maximum atomic E-state index is 12.3. The van der Waals surface area contributed by atoms with Crippen LogP contribution in [0.25, 0.3) is 6.08 Å². The second-order valence-electron chi connectivity index (χ2n) is 5.30. The maximum Gasteiger partial charge on any atom is 0.246 e. The van der Waals surface area contributed by atoms with E-state index in [1.165, 1.54) is 0 Å². The second kappa shape index (κ2) is 7.84. The molecule has 0 bridgehead atoms. The van der Waals surface area contributed by atoms with Gasteiger partial charge >= 0.3 is 0 Å². The first kappa shape index (κ1) is 15.6. The van der Waals surface area contributed by atoms with E-state index in [1.807, 2.05) is 35.2 Å². The molecule has 21 heavy (non-hydrogen) atoms. The number of carbonyl (C=O) groups is 1. The summed E-state index contributed by atoms with van der Waals surface area (Å²) in [5.74, 6) is 0.835. The lowest BCUT2D eigenvalue weighted by Gasteiger charge is -2.34. The third-order valence-corrected chi connectivity index (χ3v) is 3.91. The summed E-state index contributed by atoms with van der Waals surface area (Å²) in [6, 6.07) is 7.77. The smallest absolute Gasteiger partial charge is 0.246 e. The van der Waals surface area contributed by atoms with Gasteiger partial charge in [-0.2, -0.15) is 0 Å². The number of nitrogens with zero attached hydrogens (tertiary/aromatic N) is 1. The number of benzene rings is 1. The van der Waals surface area contributed by atoms with Crippen LogP contribution < -0.4 is 4.74 Å². The minimum atomic E-state index is 0.0315. The molecule has 1 amide bonds. The SMILES string of the molecule is COc1ccc(/C=C/C(=O)N2CCCCC2CCO)cc1. The van der Waals surface area contributed by atoms with Crippen molar-refractivity contribution in [3.8, 4) is 5.75 Å². The molecule has 0 saturated carbocycles. The molecule has 4 heteroatoms. The van der Waals surface area contributed by atoms with Gasteiger partial charge in [-0.1, -0.05) is 12.1 Å². The van der Waals surface area contributed by atoms with Crippen LogP contribution in [0.4, 0.5) is 0 Å². The highest BCUT2D eigenvalue weighted by Gasteiger charge is 2.24. The third kappa shape index (κ3) is 4.33. The molecule has 0 aromatic heterocycles. The number of piperidine rings is 1. The average Bonchev–Trinajstić information content (AvgIpc) is 2.54. The number of likely N-dealkylation sites (tertiary alicyclic amines) is 1. The molecule has 4 nitrogen and oxygen atoms in total. The Morgan fingerprint density at radius 3 is 2.81 bits per heavy atom. The normalized spacial score (nSPS) is 19.0. The Morgan fingerprint density at radius 2 is 2.14 bits per heavy atom. The van der Waals surface area contributed by atoms with Gasteiger partial charge in [-0.3, -0.25) is 4.79 Å². The van der Waals surface area contributed by atoms with Crippen molar-refractivity contribution in [1.29, 1.82) is 0 Å². The number of rotatable bonds is 5. The summed E-state index contributed by atoms with van der Waals surface area (Å²) in [4.78, 5) is 14.2. The Balaban J connectivity index is 1.99. The second-order valence-corrected chi connectivity index (χ2v) is 5.30. The zero-order chi connectivity index (χ0) is 15.1. The molecule has 1 saturated heterocycles. The van der Waals surface area contributed by atoms with Crippen molar-refractivity contribution in [3.63, 3.8) is 0 Å². The van der Waals surface area contributed by atoms with E-state index in [-0.39, 0.29) is 18.6 Å². The quantitative estimate of drug-likeness (QED) is 0.847. The summed E-state index contributed by atoms with van der Waals surface area (Å²) in [6.07, 6.45) is 7.29. The molecule has 1 heterocycles. The summed E-state index contributed by atoms with van der Waals surface area (Å²) in [5, 5.41) is 9.11. The van der Waals surface area contributed by atoms with Crippen molar-refractivity contribution in [2.24, 2.45) is 0 Å². The van der Waals surface area contributed by atoms with Gasteiger partial charge in [0, 0.05) is 25.3 Å². The van der Waals surface area contributed by atoms with Crippen LogP contribution in [0.3, 0.4) is 0 Å². The number of aliphatic hydroxyl groups is 1. The molecule has 0 radical (unpaired) electrons. The molecule has 2 rings (SSSR count). The zero-order valence-electron chi connectivity index (χ0n) is 12.5. The monoisotopic (exact) mass is 289 g/mol. The van der Waals surface area contributed by atoms with E-state index in [9.17, 15) is 4.79 Å². The maximum absolute atomic E-state index is 12.3. The highest BCUT2D eigenvalue weighted by Crippen LogP contribution is 2.20. The summed E-state index contributed by atoms with van der Waals surface area (Å²) >= 11 is 0. The molecule has 1 atom stereocenters. The molecule has 114 valence electrons. The number of carbonyl (C=O) groups excluding carboxylic acids is 1. The Labute approximate surface area is 126 Å². The lowest BCUT2D eigenvalue weighted by Crippen LogP contribution is -2.43. The molecule has 1 fully saturated rings. The van der Waals surface area contributed by atoms with Crippen molar-refractivity contribution < 1.29 is 14.6 Å². The van der Waals surface area contributed by atoms with Gasteiger partial charge in [-0.05, 0) is 49.5 Å². The largest absolute Gasteiger partial charge is 0.497 e. The van der Waals surface area contributed by atoms with Crippen LogP contribution in [0, 0.1) is 0 Å². The Morgan fingerprint density at radius 1 is 1.38 bits per heavy atom. The van der Waals surface area contributed by atoms with Crippen molar-refractivity contribution in [1.82, 2.24) is 4.90 Å². The van der Waals surface area contributed by atoms with Crippen LogP contribution in [0.15, 0.2) is 30.3 Å². The summed E-state index contributed by atoms with van der Waals surface area (Å²) in [5.41, 5.74) is 0.972. The number of hydrogen-bond donors (Lipinski definition) is 1. The van der Waals surface area contributed by atoms with Gasteiger partial charge in [-0.25, -0.2) is 0 Å². The summed E-state index contributed by atoms with van der Waals surface area (Å²) in [6.45, 7) is 0.924. The van der Waals surface area contributed by atoms with Crippen LogP contribution in [0.2, 0.25) is 0 Å². The molecule has 1 aliphatic heterocycles. The van der Waals surface area contributed by atoms with Gasteiger partial charge < -0.3 is 14.7 Å². The molecule has 0 aliphatic carbocycles. The predicted octanol–water partition coefficient (Wildman–Crippen LogP) is 2.47.